The van der Waals surface area contributed by atoms with E-state index in [2.05, 4.69) is 0 Å². The summed E-state index contributed by atoms with van der Waals surface area (Å²) in [4.78, 5) is 22.8. The van der Waals surface area contributed by atoms with E-state index in [0.717, 1.165) is 38.5 Å². The molecular weight excluding hydrogens is 272 g/mol. The normalized spacial score (nSPS) is 10.3. The molecule has 0 saturated carbocycles. The highest BCUT2D eigenvalue weighted by Crippen LogP contribution is 2.11. The van der Waals surface area contributed by atoms with Crippen LogP contribution in [0, 0.1) is 0 Å². The lowest BCUT2D eigenvalue weighted by molar-refractivity contribution is 0.0487. The van der Waals surface area contributed by atoms with Crippen LogP contribution < -0.4 is 0 Å². The van der Waals surface area contributed by atoms with Gasteiger partial charge in [0.2, 0.25) is 0 Å². The van der Waals surface area contributed by atoms with Gasteiger partial charge in [0.1, 0.15) is 0 Å². The third-order valence-corrected chi connectivity index (χ3v) is 3.16. The van der Waals surface area contributed by atoms with Crippen molar-refractivity contribution < 1.29 is 24.5 Å². The van der Waals surface area contributed by atoms with Crippen LogP contribution in [0.2, 0.25) is 0 Å². The topological polar surface area (TPSA) is 83.8 Å². The highest BCUT2D eigenvalue weighted by Gasteiger charge is 2.16. The summed E-state index contributed by atoms with van der Waals surface area (Å²) in [5.41, 5.74) is 0.0550. The molecule has 0 aromatic heterocycles. The maximum absolute atomic E-state index is 11.8. The lowest BCUT2D eigenvalue weighted by Gasteiger charge is -2.07. The Bertz CT molecular complexity index is 456. The standard InChI is InChI=1S/C16H22O5/c17-11-7-3-1-2-4-8-12-21-16(20)14-10-6-5-9-13(14)15(18)19/h5-6,9-10,17H,1-4,7-8,11-12H2,(H,18,19). The number of carboxylic acids is 1. The van der Waals surface area contributed by atoms with E-state index in [1.165, 1.54) is 12.1 Å². The molecule has 0 atom stereocenters. The van der Waals surface area contributed by atoms with Crippen molar-refractivity contribution in [3.05, 3.63) is 35.4 Å². The first-order valence-electron chi connectivity index (χ1n) is 7.27. The summed E-state index contributed by atoms with van der Waals surface area (Å²) < 4.78 is 5.10. The van der Waals surface area contributed by atoms with Crippen LogP contribution in [-0.2, 0) is 4.74 Å². The molecule has 21 heavy (non-hydrogen) atoms. The smallest absolute Gasteiger partial charge is 0.339 e. The summed E-state index contributed by atoms with van der Waals surface area (Å²) in [6.07, 6.45) is 5.68. The number of aliphatic hydroxyl groups is 1. The number of ether oxygens (including phenoxy) is 1. The summed E-state index contributed by atoms with van der Waals surface area (Å²) >= 11 is 0. The fourth-order valence-electron chi connectivity index (χ4n) is 2.01. The van der Waals surface area contributed by atoms with E-state index in [-0.39, 0.29) is 17.7 Å². The summed E-state index contributed by atoms with van der Waals surface area (Å²) in [7, 11) is 0. The first-order valence-corrected chi connectivity index (χ1v) is 7.27. The Morgan fingerprint density at radius 1 is 0.905 bits per heavy atom. The zero-order chi connectivity index (χ0) is 15.5. The van der Waals surface area contributed by atoms with Crippen molar-refractivity contribution in [3.8, 4) is 0 Å². The van der Waals surface area contributed by atoms with Gasteiger partial charge in [0.25, 0.3) is 0 Å². The van der Waals surface area contributed by atoms with Crippen LogP contribution >= 0.6 is 0 Å². The fourth-order valence-corrected chi connectivity index (χ4v) is 2.01. The molecule has 0 fully saturated rings. The Morgan fingerprint density at radius 3 is 2.10 bits per heavy atom. The number of aromatic carboxylic acids is 1. The van der Waals surface area contributed by atoms with Gasteiger partial charge in [-0.2, -0.15) is 0 Å². The SMILES string of the molecule is O=C(O)c1ccccc1C(=O)OCCCCCCCCO. The van der Waals surface area contributed by atoms with Crippen LogP contribution in [-0.4, -0.2) is 35.4 Å². The van der Waals surface area contributed by atoms with Crippen LogP contribution in [0.5, 0.6) is 0 Å². The van der Waals surface area contributed by atoms with Gasteiger partial charge in [0.05, 0.1) is 17.7 Å². The molecule has 2 N–H and O–H groups in total. The Hall–Kier alpha value is -1.88. The monoisotopic (exact) mass is 294 g/mol. The van der Waals surface area contributed by atoms with Gasteiger partial charge in [-0.3, -0.25) is 0 Å². The molecule has 5 nitrogen and oxygen atoms in total. The second-order valence-electron chi connectivity index (χ2n) is 4.83. The number of benzene rings is 1. The molecule has 0 unspecified atom stereocenters. The Kier molecular flexibility index (Phi) is 8.12. The van der Waals surface area contributed by atoms with Gasteiger partial charge in [-0.1, -0.05) is 37.8 Å². The van der Waals surface area contributed by atoms with Gasteiger partial charge in [-0.05, 0) is 25.0 Å². The third kappa shape index (κ3) is 6.40. The van der Waals surface area contributed by atoms with Crippen molar-refractivity contribution in [3.63, 3.8) is 0 Å². The predicted molar refractivity (Wildman–Crippen MR) is 78.5 cm³/mol. The first-order chi connectivity index (χ1) is 10.2. The van der Waals surface area contributed by atoms with E-state index in [1.807, 2.05) is 0 Å². The van der Waals surface area contributed by atoms with Crippen LogP contribution in [0.25, 0.3) is 0 Å². The summed E-state index contributed by atoms with van der Waals surface area (Å²) in [5, 5.41) is 17.6. The van der Waals surface area contributed by atoms with Gasteiger partial charge < -0.3 is 14.9 Å². The molecule has 1 aromatic carbocycles. The van der Waals surface area contributed by atoms with Gasteiger partial charge in [0.15, 0.2) is 0 Å². The van der Waals surface area contributed by atoms with Crippen molar-refractivity contribution in [2.45, 2.75) is 38.5 Å². The maximum atomic E-state index is 11.8. The predicted octanol–water partition coefficient (Wildman–Crippen LogP) is 2.87. The molecular formula is C16H22O5. The zero-order valence-corrected chi connectivity index (χ0v) is 12.1. The number of unbranched alkanes of at least 4 members (excludes halogenated alkanes) is 5. The van der Waals surface area contributed by atoms with Crippen molar-refractivity contribution in [1.29, 1.82) is 0 Å². The van der Waals surface area contributed by atoms with Gasteiger partial charge in [-0.25, -0.2) is 9.59 Å². The number of esters is 1. The lowest BCUT2D eigenvalue weighted by Crippen LogP contribution is -2.12. The molecule has 1 aromatic rings. The zero-order valence-electron chi connectivity index (χ0n) is 12.1. The summed E-state index contributed by atoms with van der Waals surface area (Å²) in [5.74, 6) is -1.72. The van der Waals surface area contributed by atoms with Crippen LogP contribution in [0.3, 0.4) is 0 Å². The molecule has 1 rings (SSSR count). The van der Waals surface area contributed by atoms with Crippen LogP contribution in [0.1, 0.15) is 59.2 Å². The lowest BCUT2D eigenvalue weighted by atomic mass is 10.1. The third-order valence-electron chi connectivity index (χ3n) is 3.16. The van der Waals surface area contributed by atoms with E-state index in [4.69, 9.17) is 14.9 Å². The Balaban J connectivity index is 2.27. The molecule has 5 heteroatoms. The molecule has 0 aliphatic carbocycles. The minimum atomic E-state index is -1.13. The van der Waals surface area contributed by atoms with Crippen LogP contribution in [0.4, 0.5) is 0 Å². The van der Waals surface area contributed by atoms with E-state index in [9.17, 15) is 9.59 Å². The fraction of sp³-hybridized carbons (Fsp3) is 0.500. The summed E-state index contributed by atoms with van der Waals surface area (Å²) in [6, 6.07) is 6.04. The number of hydrogen-bond acceptors (Lipinski definition) is 4. The van der Waals surface area contributed by atoms with E-state index < -0.39 is 11.9 Å². The molecule has 0 amide bonds. The largest absolute Gasteiger partial charge is 0.478 e. The van der Waals surface area contributed by atoms with Gasteiger partial charge in [0, 0.05) is 6.61 Å². The van der Waals surface area contributed by atoms with Crippen molar-refractivity contribution >= 4 is 11.9 Å². The number of carbonyl (C=O) groups is 2. The van der Waals surface area contributed by atoms with Crippen molar-refractivity contribution in [2.75, 3.05) is 13.2 Å². The van der Waals surface area contributed by atoms with E-state index in [1.54, 1.807) is 12.1 Å². The second-order valence-corrected chi connectivity index (χ2v) is 4.83. The maximum Gasteiger partial charge on any atom is 0.339 e. The first kappa shape index (κ1) is 17.2. The minimum Gasteiger partial charge on any atom is -0.478 e. The average molecular weight is 294 g/mol. The molecule has 0 heterocycles. The number of rotatable bonds is 10. The quantitative estimate of drug-likeness (QED) is 0.512. The average Bonchev–Trinajstić information content (AvgIpc) is 2.49. The number of aliphatic hydroxyl groups excluding tert-OH is 1. The number of carbonyl (C=O) groups excluding carboxylic acids is 1. The number of carboxylic acid groups (broad SMARTS) is 1. The molecule has 0 aliphatic heterocycles. The minimum absolute atomic E-state index is 0.0356. The highest BCUT2D eigenvalue weighted by atomic mass is 16.5. The van der Waals surface area contributed by atoms with E-state index in [0.29, 0.717) is 6.61 Å². The molecule has 116 valence electrons. The molecule has 0 spiro atoms. The van der Waals surface area contributed by atoms with Crippen LogP contribution in [0.15, 0.2) is 24.3 Å². The second kappa shape index (κ2) is 9.94. The van der Waals surface area contributed by atoms with Gasteiger partial charge >= 0.3 is 11.9 Å². The molecule has 0 saturated heterocycles. The summed E-state index contributed by atoms with van der Waals surface area (Å²) in [6.45, 7) is 0.535. The van der Waals surface area contributed by atoms with E-state index >= 15 is 0 Å². The molecule has 0 radical (unpaired) electrons. The van der Waals surface area contributed by atoms with Crippen molar-refractivity contribution in [1.82, 2.24) is 0 Å². The van der Waals surface area contributed by atoms with Crippen molar-refractivity contribution in [2.24, 2.45) is 0 Å². The molecule has 0 aliphatic rings. The highest BCUT2D eigenvalue weighted by molar-refractivity contribution is 6.02. The Morgan fingerprint density at radius 2 is 1.48 bits per heavy atom. The molecule has 0 bridgehead atoms. The Labute approximate surface area is 124 Å². The number of hydrogen-bond donors (Lipinski definition) is 2. The van der Waals surface area contributed by atoms with Gasteiger partial charge in [-0.15, -0.1) is 0 Å².